The second-order valence-electron chi connectivity index (χ2n) is 4.62. The zero-order chi connectivity index (χ0) is 17.1. The second kappa shape index (κ2) is 6.10. The van der Waals surface area contributed by atoms with Gasteiger partial charge in [0.1, 0.15) is 5.69 Å². The number of nitrogens with one attached hydrogen (secondary N) is 1. The Bertz CT molecular complexity index is 818. The average Bonchev–Trinajstić information content (AvgIpc) is 2.48. The second-order valence-corrected chi connectivity index (χ2v) is 4.62. The fraction of sp³-hybridized carbons (Fsp3) is 0.0714. The van der Waals surface area contributed by atoms with Gasteiger partial charge in [0.15, 0.2) is 0 Å². The molecule has 0 amide bonds. The van der Waals surface area contributed by atoms with E-state index in [0.29, 0.717) is 11.3 Å². The highest BCUT2D eigenvalue weighted by Gasteiger charge is 2.20. The number of hydrogen-bond donors (Lipinski definition) is 2. The van der Waals surface area contributed by atoms with Crippen LogP contribution in [0.1, 0.15) is 15.9 Å². The summed E-state index contributed by atoms with van der Waals surface area (Å²) < 4.78 is 0. The van der Waals surface area contributed by atoms with Gasteiger partial charge in [0.2, 0.25) is 0 Å². The smallest absolute Gasteiger partial charge is 0.336 e. The van der Waals surface area contributed by atoms with E-state index in [0.717, 1.165) is 12.1 Å². The average molecular weight is 317 g/mol. The van der Waals surface area contributed by atoms with Crippen molar-refractivity contribution >= 4 is 28.7 Å². The van der Waals surface area contributed by atoms with Gasteiger partial charge < -0.3 is 10.4 Å². The Morgan fingerprint density at radius 3 is 2.35 bits per heavy atom. The third-order valence-electron chi connectivity index (χ3n) is 3.22. The summed E-state index contributed by atoms with van der Waals surface area (Å²) >= 11 is 0. The van der Waals surface area contributed by atoms with Gasteiger partial charge in [-0.1, -0.05) is 6.07 Å². The monoisotopic (exact) mass is 317 g/mol. The molecule has 9 heteroatoms. The molecule has 0 aliphatic carbocycles. The lowest BCUT2D eigenvalue weighted by Gasteiger charge is -2.11. The summed E-state index contributed by atoms with van der Waals surface area (Å²) in [5.74, 6) is -1.12. The molecule has 0 saturated heterocycles. The van der Waals surface area contributed by atoms with Crippen LogP contribution in [0, 0.1) is 27.2 Å². The third kappa shape index (κ3) is 3.23. The van der Waals surface area contributed by atoms with Crippen LogP contribution in [0.15, 0.2) is 36.4 Å². The number of carbonyl (C=O) groups is 1. The molecule has 2 aromatic rings. The normalized spacial score (nSPS) is 10.1. The Morgan fingerprint density at radius 2 is 1.78 bits per heavy atom. The first-order valence-electron chi connectivity index (χ1n) is 6.34. The highest BCUT2D eigenvalue weighted by molar-refractivity contribution is 5.91. The van der Waals surface area contributed by atoms with Gasteiger partial charge in [-0.2, -0.15) is 0 Å². The summed E-state index contributed by atoms with van der Waals surface area (Å²) in [7, 11) is 0. The molecule has 0 radical (unpaired) electrons. The van der Waals surface area contributed by atoms with Gasteiger partial charge in [-0.05, 0) is 30.7 Å². The van der Waals surface area contributed by atoms with Gasteiger partial charge >= 0.3 is 5.97 Å². The number of anilines is 2. The van der Waals surface area contributed by atoms with Crippen LogP contribution in [0.4, 0.5) is 22.7 Å². The summed E-state index contributed by atoms with van der Waals surface area (Å²) in [4.78, 5) is 31.4. The highest BCUT2D eigenvalue weighted by atomic mass is 16.6. The molecule has 0 aliphatic rings. The van der Waals surface area contributed by atoms with E-state index in [1.54, 1.807) is 13.0 Å². The number of hydrogen-bond acceptors (Lipinski definition) is 6. The maximum absolute atomic E-state index is 11.1. The minimum atomic E-state index is -1.12. The molecular weight excluding hydrogens is 306 g/mol. The lowest BCUT2D eigenvalue weighted by atomic mass is 10.1. The summed E-state index contributed by atoms with van der Waals surface area (Å²) in [6, 6.07) is 7.66. The van der Waals surface area contributed by atoms with Crippen molar-refractivity contribution in [3.05, 3.63) is 67.8 Å². The molecule has 2 rings (SSSR count). The van der Waals surface area contributed by atoms with E-state index < -0.39 is 27.2 Å². The number of carboxylic acid groups (broad SMARTS) is 1. The predicted octanol–water partition coefficient (Wildman–Crippen LogP) is 3.25. The van der Waals surface area contributed by atoms with Crippen LogP contribution in [0.2, 0.25) is 0 Å². The Labute approximate surface area is 129 Å². The van der Waals surface area contributed by atoms with Crippen molar-refractivity contribution in [1.29, 1.82) is 0 Å². The van der Waals surface area contributed by atoms with E-state index in [4.69, 9.17) is 5.11 Å². The highest BCUT2D eigenvalue weighted by Crippen LogP contribution is 2.32. The molecular formula is C14H11N3O6. The summed E-state index contributed by atoms with van der Waals surface area (Å²) in [6.07, 6.45) is 0. The molecule has 0 spiro atoms. The zero-order valence-corrected chi connectivity index (χ0v) is 11.8. The van der Waals surface area contributed by atoms with Crippen LogP contribution in [-0.2, 0) is 0 Å². The number of benzene rings is 2. The molecule has 0 bridgehead atoms. The van der Waals surface area contributed by atoms with Crippen molar-refractivity contribution in [2.45, 2.75) is 6.92 Å². The van der Waals surface area contributed by atoms with Gasteiger partial charge in [0, 0.05) is 11.8 Å². The predicted molar refractivity (Wildman–Crippen MR) is 81.2 cm³/mol. The minimum Gasteiger partial charge on any atom is -0.478 e. The fourth-order valence-corrected chi connectivity index (χ4v) is 2.04. The molecule has 0 fully saturated rings. The molecule has 0 aliphatic heterocycles. The molecule has 0 unspecified atom stereocenters. The number of rotatable bonds is 5. The molecule has 0 atom stereocenters. The number of nitro benzene ring substituents is 2. The number of nitrogens with zero attached hydrogens (tertiary/aromatic N) is 2. The largest absolute Gasteiger partial charge is 0.478 e. The Balaban J connectivity index is 2.48. The minimum absolute atomic E-state index is 0.0336. The van der Waals surface area contributed by atoms with Gasteiger partial charge in [0.25, 0.3) is 11.4 Å². The van der Waals surface area contributed by atoms with Crippen molar-refractivity contribution in [2.24, 2.45) is 0 Å². The standard InChI is InChI=1S/C14H11N3O6/c1-8-10(14(18)19)3-2-4-11(8)15-12-6-5-9(16(20)21)7-13(12)17(22)23/h2-7,15H,1H3,(H,18,19). The lowest BCUT2D eigenvalue weighted by molar-refractivity contribution is -0.393. The van der Waals surface area contributed by atoms with E-state index in [1.165, 1.54) is 18.2 Å². The first-order valence-corrected chi connectivity index (χ1v) is 6.34. The van der Waals surface area contributed by atoms with Crippen molar-refractivity contribution in [3.8, 4) is 0 Å². The third-order valence-corrected chi connectivity index (χ3v) is 3.22. The van der Waals surface area contributed by atoms with E-state index in [2.05, 4.69) is 5.32 Å². The fourth-order valence-electron chi connectivity index (χ4n) is 2.04. The molecule has 0 aromatic heterocycles. The summed E-state index contributed by atoms with van der Waals surface area (Å²) in [6.45, 7) is 1.56. The number of non-ortho nitro benzene ring substituents is 1. The van der Waals surface area contributed by atoms with Gasteiger partial charge in [-0.3, -0.25) is 20.2 Å². The van der Waals surface area contributed by atoms with Crippen LogP contribution >= 0.6 is 0 Å². The van der Waals surface area contributed by atoms with Crippen LogP contribution in [0.25, 0.3) is 0 Å². The maximum Gasteiger partial charge on any atom is 0.336 e. The first-order chi connectivity index (χ1) is 10.8. The van der Waals surface area contributed by atoms with Crippen LogP contribution < -0.4 is 5.32 Å². The number of carboxylic acids is 1. The van der Waals surface area contributed by atoms with Crippen molar-refractivity contribution < 1.29 is 19.7 Å². The Kier molecular flexibility index (Phi) is 4.21. The van der Waals surface area contributed by atoms with Crippen LogP contribution in [0.3, 0.4) is 0 Å². The molecule has 2 aromatic carbocycles. The first kappa shape index (κ1) is 15.9. The molecule has 23 heavy (non-hydrogen) atoms. The summed E-state index contributed by atoms with van der Waals surface area (Å²) in [5, 5.41) is 33.7. The van der Waals surface area contributed by atoms with Gasteiger partial charge in [-0.15, -0.1) is 0 Å². The van der Waals surface area contributed by atoms with Crippen molar-refractivity contribution in [2.75, 3.05) is 5.32 Å². The van der Waals surface area contributed by atoms with E-state index in [-0.39, 0.29) is 11.3 Å². The maximum atomic E-state index is 11.1. The quantitative estimate of drug-likeness (QED) is 0.638. The molecule has 9 nitrogen and oxygen atoms in total. The van der Waals surface area contributed by atoms with Crippen LogP contribution in [-0.4, -0.2) is 20.9 Å². The Morgan fingerprint density at radius 1 is 1.09 bits per heavy atom. The number of nitro groups is 2. The van der Waals surface area contributed by atoms with Crippen LogP contribution in [0.5, 0.6) is 0 Å². The zero-order valence-electron chi connectivity index (χ0n) is 11.8. The summed E-state index contributed by atoms with van der Waals surface area (Å²) in [5.41, 5.74) is -0.0297. The lowest BCUT2D eigenvalue weighted by Crippen LogP contribution is -2.04. The van der Waals surface area contributed by atoms with E-state index >= 15 is 0 Å². The molecule has 2 N–H and O–H groups in total. The van der Waals surface area contributed by atoms with Gasteiger partial charge in [0.05, 0.1) is 21.5 Å². The number of aromatic carboxylic acids is 1. The van der Waals surface area contributed by atoms with Gasteiger partial charge in [-0.25, -0.2) is 4.79 Å². The molecule has 0 heterocycles. The SMILES string of the molecule is Cc1c(Nc2ccc([N+](=O)[O-])cc2[N+](=O)[O-])cccc1C(=O)O. The van der Waals surface area contributed by atoms with Crippen molar-refractivity contribution in [1.82, 2.24) is 0 Å². The Hall–Kier alpha value is -3.49. The topological polar surface area (TPSA) is 136 Å². The van der Waals surface area contributed by atoms with E-state index in [1.807, 2.05) is 0 Å². The molecule has 118 valence electrons. The van der Waals surface area contributed by atoms with E-state index in [9.17, 15) is 25.0 Å². The van der Waals surface area contributed by atoms with Crippen molar-refractivity contribution in [3.63, 3.8) is 0 Å². The molecule has 0 saturated carbocycles.